The van der Waals surface area contributed by atoms with Gasteiger partial charge in [0.2, 0.25) is 0 Å². The fourth-order valence-electron chi connectivity index (χ4n) is 1.49. The molecule has 3 heteroatoms. The van der Waals surface area contributed by atoms with Crippen LogP contribution in [0.5, 0.6) is 0 Å². The SMILES string of the molecule is CCOC(=O)C1=C(C)N=C(C)C(C)C1. The zero-order chi connectivity index (χ0) is 10.7. The van der Waals surface area contributed by atoms with E-state index in [4.69, 9.17) is 4.74 Å². The molecule has 3 nitrogen and oxygen atoms in total. The van der Waals surface area contributed by atoms with Crippen LogP contribution in [0.2, 0.25) is 0 Å². The van der Waals surface area contributed by atoms with Crippen LogP contribution in [0.15, 0.2) is 16.3 Å². The Morgan fingerprint density at radius 3 is 2.79 bits per heavy atom. The smallest absolute Gasteiger partial charge is 0.335 e. The molecule has 1 aliphatic heterocycles. The highest BCUT2D eigenvalue weighted by Gasteiger charge is 2.22. The van der Waals surface area contributed by atoms with Crippen molar-refractivity contribution in [3.8, 4) is 0 Å². The van der Waals surface area contributed by atoms with Gasteiger partial charge in [-0.1, -0.05) is 6.92 Å². The van der Waals surface area contributed by atoms with Gasteiger partial charge in [0.05, 0.1) is 12.2 Å². The summed E-state index contributed by atoms with van der Waals surface area (Å²) in [4.78, 5) is 15.9. The fraction of sp³-hybridized carbons (Fsp3) is 0.636. The average Bonchev–Trinajstić information content (AvgIpc) is 2.11. The van der Waals surface area contributed by atoms with Gasteiger partial charge in [-0.15, -0.1) is 0 Å². The summed E-state index contributed by atoms with van der Waals surface area (Å²) < 4.78 is 4.97. The molecule has 0 radical (unpaired) electrons. The molecule has 0 aromatic carbocycles. The van der Waals surface area contributed by atoms with Gasteiger partial charge in [-0.05, 0) is 33.1 Å². The molecule has 1 aliphatic rings. The maximum atomic E-state index is 11.5. The van der Waals surface area contributed by atoms with Crippen LogP contribution in [0.3, 0.4) is 0 Å². The van der Waals surface area contributed by atoms with Crippen molar-refractivity contribution >= 4 is 11.7 Å². The first-order valence-corrected chi connectivity index (χ1v) is 4.98. The number of carbonyl (C=O) groups excluding carboxylic acids is 1. The summed E-state index contributed by atoms with van der Waals surface area (Å²) in [5.41, 5.74) is 2.62. The number of esters is 1. The summed E-state index contributed by atoms with van der Waals surface area (Å²) in [7, 11) is 0. The van der Waals surface area contributed by atoms with Crippen LogP contribution < -0.4 is 0 Å². The molecule has 0 amide bonds. The van der Waals surface area contributed by atoms with Gasteiger partial charge in [0.15, 0.2) is 0 Å². The van der Waals surface area contributed by atoms with Crippen molar-refractivity contribution in [2.75, 3.05) is 6.61 Å². The fourth-order valence-corrected chi connectivity index (χ4v) is 1.49. The van der Waals surface area contributed by atoms with E-state index in [0.29, 0.717) is 12.5 Å². The Hall–Kier alpha value is -1.12. The summed E-state index contributed by atoms with van der Waals surface area (Å²) in [6.45, 7) is 8.17. The number of nitrogens with zero attached hydrogens (tertiary/aromatic N) is 1. The van der Waals surface area contributed by atoms with Crippen molar-refractivity contribution in [1.82, 2.24) is 0 Å². The van der Waals surface area contributed by atoms with Gasteiger partial charge in [0.25, 0.3) is 0 Å². The van der Waals surface area contributed by atoms with Crippen molar-refractivity contribution in [3.05, 3.63) is 11.3 Å². The predicted molar refractivity (Wildman–Crippen MR) is 56.2 cm³/mol. The van der Waals surface area contributed by atoms with Crippen LogP contribution in [0.4, 0.5) is 0 Å². The quantitative estimate of drug-likeness (QED) is 0.634. The third kappa shape index (κ3) is 2.22. The molecule has 1 atom stereocenters. The summed E-state index contributed by atoms with van der Waals surface area (Å²) in [5, 5.41) is 0. The van der Waals surface area contributed by atoms with Crippen molar-refractivity contribution in [2.24, 2.45) is 10.9 Å². The van der Waals surface area contributed by atoms with Crippen molar-refractivity contribution in [2.45, 2.75) is 34.1 Å². The highest BCUT2D eigenvalue weighted by Crippen LogP contribution is 2.24. The second-order valence-electron chi connectivity index (χ2n) is 3.64. The molecule has 0 aromatic rings. The molecule has 0 saturated heterocycles. The molecule has 0 spiro atoms. The first kappa shape index (κ1) is 11.0. The highest BCUT2D eigenvalue weighted by atomic mass is 16.5. The van der Waals surface area contributed by atoms with Crippen LogP contribution in [0.25, 0.3) is 0 Å². The van der Waals surface area contributed by atoms with Gasteiger partial charge in [-0.25, -0.2) is 4.79 Å². The minimum Gasteiger partial charge on any atom is -0.463 e. The van der Waals surface area contributed by atoms with Crippen LogP contribution >= 0.6 is 0 Å². The second-order valence-corrected chi connectivity index (χ2v) is 3.64. The van der Waals surface area contributed by atoms with Gasteiger partial charge in [0.1, 0.15) is 0 Å². The molecular weight excluding hydrogens is 178 g/mol. The molecule has 0 saturated carbocycles. The van der Waals surface area contributed by atoms with Crippen LogP contribution in [-0.4, -0.2) is 18.3 Å². The molecule has 1 heterocycles. The zero-order valence-electron chi connectivity index (χ0n) is 9.26. The Bertz CT molecular complexity index is 302. The Morgan fingerprint density at radius 1 is 1.57 bits per heavy atom. The minimum atomic E-state index is -0.215. The third-order valence-electron chi connectivity index (χ3n) is 2.53. The number of hydrogen-bond acceptors (Lipinski definition) is 3. The first-order valence-electron chi connectivity index (χ1n) is 4.98. The van der Waals surface area contributed by atoms with Gasteiger partial charge < -0.3 is 4.74 Å². The monoisotopic (exact) mass is 195 g/mol. The number of ether oxygens (including phenoxy) is 1. The molecule has 1 unspecified atom stereocenters. The van der Waals surface area contributed by atoms with Gasteiger partial charge in [0, 0.05) is 11.4 Å². The van der Waals surface area contributed by atoms with E-state index in [-0.39, 0.29) is 5.97 Å². The number of aliphatic imine (C=N–C) groups is 1. The average molecular weight is 195 g/mol. The van der Waals surface area contributed by atoms with Crippen LogP contribution in [0.1, 0.15) is 34.1 Å². The van der Waals surface area contributed by atoms with E-state index >= 15 is 0 Å². The third-order valence-corrected chi connectivity index (χ3v) is 2.53. The van der Waals surface area contributed by atoms with Crippen molar-refractivity contribution in [3.63, 3.8) is 0 Å². The Morgan fingerprint density at radius 2 is 2.21 bits per heavy atom. The molecular formula is C11H17NO2. The lowest BCUT2D eigenvalue weighted by molar-refractivity contribution is -0.138. The molecule has 0 bridgehead atoms. The summed E-state index contributed by atoms with van der Waals surface area (Å²) >= 11 is 0. The largest absolute Gasteiger partial charge is 0.463 e. The van der Waals surface area contributed by atoms with E-state index in [1.54, 1.807) is 0 Å². The number of carbonyl (C=O) groups is 1. The second kappa shape index (κ2) is 4.40. The standard InChI is InChI=1S/C11H17NO2/c1-5-14-11(13)10-6-7(2)8(3)12-9(10)4/h7H,5-6H2,1-4H3. The van der Waals surface area contributed by atoms with E-state index in [0.717, 1.165) is 23.4 Å². The predicted octanol–water partition coefficient (Wildman–Crippen LogP) is 2.32. The molecule has 1 rings (SSSR count). The topological polar surface area (TPSA) is 38.7 Å². The van der Waals surface area contributed by atoms with Crippen molar-refractivity contribution in [1.29, 1.82) is 0 Å². The summed E-state index contributed by atoms with van der Waals surface area (Å²) in [5.74, 6) is 0.131. The molecule has 14 heavy (non-hydrogen) atoms. The van der Waals surface area contributed by atoms with E-state index in [2.05, 4.69) is 11.9 Å². The lowest BCUT2D eigenvalue weighted by Crippen LogP contribution is -2.19. The molecule has 0 aliphatic carbocycles. The van der Waals surface area contributed by atoms with Crippen LogP contribution in [-0.2, 0) is 9.53 Å². The van der Waals surface area contributed by atoms with E-state index in [1.807, 2.05) is 20.8 Å². The minimum absolute atomic E-state index is 0.215. The highest BCUT2D eigenvalue weighted by molar-refractivity contribution is 5.94. The van der Waals surface area contributed by atoms with Gasteiger partial charge >= 0.3 is 5.97 Å². The Balaban J connectivity index is 2.87. The first-order chi connectivity index (χ1) is 6.56. The zero-order valence-corrected chi connectivity index (χ0v) is 9.26. The van der Waals surface area contributed by atoms with E-state index in [9.17, 15) is 4.79 Å². The van der Waals surface area contributed by atoms with E-state index < -0.39 is 0 Å². The molecule has 0 fully saturated rings. The van der Waals surface area contributed by atoms with Crippen LogP contribution in [0, 0.1) is 5.92 Å². The maximum absolute atomic E-state index is 11.5. The van der Waals surface area contributed by atoms with Gasteiger partial charge in [-0.3, -0.25) is 4.99 Å². The maximum Gasteiger partial charge on any atom is 0.335 e. The number of rotatable bonds is 2. The summed E-state index contributed by atoms with van der Waals surface area (Å²) in [6.07, 6.45) is 0.750. The van der Waals surface area contributed by atoms with Gasteiger partial charge in [-0.2, -0.15) is 0 Å². The Labute approximate surface area is 84.9 Å². The molecule has 78 valence electrons. The van der Waals surface area contributed by atoms with E-state index in [1.165, 1.54) is 0 Å². The lowest BCUT2D eigenvalue weighted by atomic mass is 9.93. The Kier molecular flexibility index (Phi) is 3.44. The summed E-state index contributed by atoms with van der Waals surface area (Å²) in [6, 6.07) is 0. The number of allylic oxidation sites excluding steroid dienone is 1. The number of hydrogen-bond donors (Lipinski definition) is 0. The lowest BCUT2D eigenvalue weighted by Gasteiger charge is -2.19. The molecule has 0 N–H and O–H groups in total. The normalized spacial score (nSPS) is 22.0. The van der Waals surface area contributed by atoms with Crippen molar-refractivity contribution < 1.29 is 9.53 Å². The molecule has 0 aromatic heterocycles.